The van der Waals surface area contributed by atoms with E-state index in [0.29, 0.717) is 0 Å². The quantitative estimate of drug-likeness (QED) is 0.421. The lowest BCUT2D eigenvalue weighted by molar-refractivity contribution is -0.412. The zero-order valence-electron chi connectivity index (χ0n) is 11.8. The molecular formula is C10H10F11NS2. The van der Waals surface area contributed by atoms with Crippen molar-refractivity contribution in [2.75, 3.05) is 13.1 Å². The topological polar surface area (TPSA) is 3.24 Å². The van der Waals surface area contributed by atoms with Crippen LogP contribution in [0, 0.1) is 0 Å². The lowest BCUT2D eigenvalue weighted by atomic mass is 10.0. The summed E-state index contributed by atoms with van der Waals surface area (Å²) in [5, 5.41) is -6.02. The summed E-state index contributed by atoms with van der Waals surface area (Å²) >= 11 is 2.91. The molecule has 0 bridgehead atoms. The van der Waals surface area contributed by atoms with E-state index in [1.807, 2.05) is 0 Å². The average molecular weight is 417 g/mol. The maximum Gasteiger partial charge on any atom is 0.460 e. The number of thiocarbonyl (C=S) groups is 1. The SMILES string of the molecule is CCN(CC)C(=S)SC(F)(F)C(F)(F)C(F)(F)C(F)(F)C(F)(F)F. The molecule has 0 saturated heterocycles. The van der Waals surface area contributed by atoms with Crippen LogP contribution in [0.15, 0.2) is 0 Å². The smallest absolute Gasteiger partial charge is 0.358 e. The van der Waals surface area contributed by atoms with Crippen molar-refractivity contribution in [3.8, 4) is 0 Å². The summed E-state index contributed by atoms with van der Waals surface area (Å²) in [5.41, 5.74) is 0. The number of hydrogen-bond donors (Lipinski definition) is 0. The van der Waals surface area contributed by atoms with E-state index in [0.717, 1.165) is 4.90 Å². The van der Waals surface area contributed by atoms with Crippen LogP contribution in [0.4, 0.5) is 48.3 Å². The molecule has 14 heteroatoms. The molecule has 0 atom stereocenters. The minimum absolute atomic E-state index is 0.112. The van der Waals surface area contributed by atoms with E-state index in [1.165, 1.54) is 13.8 Å². The first-order valence-corrected chi connectivity index (χ1v) is 7.19. The first kappa shape index (κ1) is 23.5. The number of nitrogens with zero attached hydrogens (tertiary/aromatic N) is 1. The van der Waals surface area contributed by atoms with Gasteiger partial charge in [0, 0.05) is 13.1 Å². The van der Waals surface area contributed by atoms with E-state index in [4.69, 9.17) is 0 Å². The van der Waals surface area contributed by atoms with Gasteiger partial charge in [0.15, 0.2) is 0 Å². The fraction of sp³-hybridized carbons (Fsp3) is 0.900. The first-order valence-electron chi connectivity index (χ1n) is 5.96. The molecule has 0 spiro atoms. The zero-order chi connectivity index (χ0) is 19.8. The second-order valence-electron chi connectivity index (χ2n) is 4.28. The Morgan fingerprint density at radius 1 is 0.750 bits per heavy atom. The van der Waals surface area contributed by atoms with Gasteiger partial charge in [-0.05, 0) is 25.6 Å². The van der Waals surface area contributed by atoms with Crippen LogP contribution in [0.2, 0.25) is 0 Å². The zero-order valence-corrected chi connectivity index (χ0v) is 13.5. The molecule has 1 nitrogen and oxygen atoms in total. The molecule has 0 aliphatic carbocycles. The third-order valence-corrected chi connectivity index (χ3v) is 4.20. The molecule has 0 aromatic carbocycles. The Hall–Kier alpha value is -0.530. The standard InChI is InChI=1S/C10H10F11NS2/c1-3-22(4-2)5(23)24-10(20,21)8(15,16)6(11,12)7(13,14)9(17,18)19/h3-4H2,1-2H3. The minimum atomic E-state index is -7.41. The molecular weight excluding hydrogens is 407 g/mol. The fourth-order valence-corrected chi connectivity index (χ4v) is 2.71. The van der Waals surface area contributed by atoms with Gasteiger partial charge in [-0.3, -0.25) is 0 Å². The predicted molar refractivity (Wildman–Crippen MR) is 69.0 cm³/mol. The second-order valence-corrected chi connectivity index (χ2v) is 6.03. The summed E-state index contributed by atoms with van der Waals surface area (Å²) in [5.74, 6) is -21.8. The van der Waals surface area contributed by atoms with Gasteiger partial charge in [0.2, 0.25) is 0 Å². The van der Waals surface area contributed by atoms with E-state index >= 15 is 0 Å². The molecule has 0 radical (unpaired) electrons. The molecule has 0 aromatic rings. The second kappa shape index (κ2) is 7.00. The lowest BCUT2D eigenvalue weighted by Crippen LogP contribution is -2.65. The summed E-state index contributed by atoms with van der Waals surface area (Å²) < 4.78 is 139. The Bertz CT molecular complexity index is 456. The van der Waals surface area contributed by atoms with Gasteiger partial charge < -0.3 is 4.90 Å². The predicted octanol–water partition coefficient (Wildman–Crippen LogP) is 5.41. The molecule has 0 amide bonds. The lowest BCUT2D eigenvalue weighted by Gasteiger charge is -2.37. The van der Waals surface area contributed by atoms with E-state index in [-0.39, 0.29) is 13.1 Å². The number of hydrogen-bond acceptors (Lipinski definition) is 2. The van der Waals surface area contributed by atoms with Crippen molar-refractivity contribution < 1.29 is 48.3 Å². The Morgan fingerprint density at radius 3 is 1.42 bits per heavy atom. The van der Waals surface area contributed by atoms with Crippen molar-refractivity contribution >= 4 is 28.3 Å². The van der Waals surface area contributed by atoms with Crippen molar-refractivity contribution in [1.29, 1.82) is 0 Å². The van der Waals surface area contributed by atoms with Gasteiger partial charge in [0.1, 0.15) is 4.32 Å². The van der Waals surface area contributed by atoms with Gasteiger partial charge in [-0.25, -0.2) is 0 Å². The maximum atomic E-state index is 13.4. The van der Waals surface area contributed by atoms with Gasteiger partial charge in [-0.1, -0.05) is 12.2 Å². The Labute approximate surface area is 138 Å². The average Bonchev–Trinajstić information content (AvgIpc) is 2.37. The van der Waals surface area contributed by atoms with Gasteiger partial charge in [-0.2, -0.15) is 48.3 Å². The largest absolute Gasteiger partial charge is 0.460 e. The summed E-state index contributed by atoms with van der Waals surface area (Å²) in [6, 6.07) is 0. The van der Waals surface area contributed by atoms with Gasteiger partial charge in [0.25, 0.3) is 0 Å². The van der Waals surface area contributed by atoms with Gasteiger partial charge >= 0.3 is 29.2 Å². The van der Waals surface area contributed by atoms with Crippen LogP contribution >= 0.6 is 24.0 Å². The van der Waals surface area contributed by atoms with Crippen LogP contribution in [0.5, 0.6) is 0 Å². The highest BCUT2D eigenvalue weighted by atomic mass is 32.2. The number of thioether (sulfide) groups is 1. The van der Waals surface area contributed by atoms with Crippen LogP contribution in [0.3, 0.4) is 0 Å². The third kappa shape index (κ3) is 3.83. The normalized spacial score (nSPS) is 14.7. The molecule has 0 N–H and O–H groups in total. The van der Waals surface area contributed by atoms with Crippen molar-refractivity contribution in [2.45, 2.75) is 43.0 Å². The van der Waals surface area contributed by atoms with E-state index in [1.54, 1.807) is 0 Å². The Balaban J connectivity index is 5.81. The van der Waals surface area contributed by atoms with Crippen molar-refractivity contribution in [2.24, 2.45) is 0 Å². The first-order chi connectivity index (χ1) is 10.4. The molecule has 0 fully saturated rings. The third-order valence-electron chi connectivity index (χ3n) is 2.75. The van der Waals surface area contributed by atoms with Crippen LogP contribution in [-0.4, -0.2) is 51.5 Å². The van der Waals surface area contributed by atoms with Crippen LogP contribution < -0.4 is 0 Å². The van der Waals surface area contributed by atoms with Crippen molar-refractivity contribution in [3.63, 3.8) is 0 Å². The molecule has 24 heavy (non-hydrogen) atoms. The summed E-state index contributed by atoms with van der Waals surface area (Å²) in [6.07, 6.45) is -7.17. The molecule has 0 aliphatic heterocycles. The maximum absolute atomic E-state index is 13.4. The van der Waals surface area contributed by atoms with E-state index in [9.17, 15) is 48.3 Å². The summed E-state index contributed by atoms with van der Waals surface area (Å²) in [6.45, 7) is 2.44. The molecule has 0 rings (SSSR count). The fourth-order valence-electron chi connectivity index (χ4n) is 1.28. The number of halogens is 11. The Morgan fingerprint density at radius 2 is 1.12 bits per heavy atom. The van der Waals surface area contributed by atoms with Crippen molar-refractivity contribution in [3.05, 3.63) is 0 Å². The van der Waals surface area contributed by atoms with E-state index < -0.39 is 45.3 Å². The van der Waals surface area contributed by atoms with Gasteiger partial charge in [-0.15, -0.1) is 0 Å². The highest BCUT2D eigenvalue weighted by Crippen LogP contribution is 2.59. The highest BCUT2D eigenvalue weighted by Gasteiger charge is 2.87. The van der Waals surface area contributed by atoms with Gasteiger partial charge in [0.05, 0.1) is 0 Å². The number of rotatable bonds is 6. The van der Waals surface area contributed by atoms with Crippen LogP contribution in [-0.2, 0) is 0 Å². The summed E-state index contributed by atoms with van der Waals surface area (Å²) in [7, 11) is 0. The van der Waals surface area contributed by atoms with Crippen molar-refractivity contribution in [1.82, 2.24) is 4.90 Å². The molecule has 0 saturated carbocycles. The van der Waals surface area contributed by atoms with E-state index in [2.05, 4.69) is 12.2 Å². The Kier molecular flexibility index (Phi) is 6.84. The molecule has 0 unspecified atom stereocenters. The monoisotopic (exact) mass is 417 g/mol. The number of alkyl halides is 11. The summed E-state index contributed by atoms with van der Waals surface area (Å²) in [4.78, 5) is 0.823. The highest BCUT2D eigenvalue weighted by molar-refractivity contribution is 8.23. The minimum Gasteiger partial charge on any atom is -0.358 e. The molecule has 0 aromatic heterocycles. The molecule has 144 valence electrons. The molecule has 0 heterocycles. The van der Waals surface area contributed by atoms with Crippen LogP contribution in [0.25, 0.3) is 0 Å². The molecule has 0 aliphatic rings. The van der Waals surface area contributed by atoms with Crippen LogP contribution in [0.1, 0.15) is 13.8 Å².